The summed E-state index contributed by atoms with van der Waals surface area (Å²) in [5.74, 6) is -0.690. The lowest BCUT2D eigenvalue weighted by molar-refractivity contribution is -0.137. The quantitative estimate of drug-likeness (QED) is 0.669. The second kappa shape index (κ2) is 5.97. The van der Waals surface area contributed by atoms with Crippen molar-refractivity contribution in [3.05, 3.63) is 0 Å². The Morgan fingerprint density at radius 1 is 1.38 bits per heavy atom. The van der Waals surface area contributed by atoms with E-state index in [1.54, 1.807) is 0 Å². The highest BCUT2D eigenvalue weighted by Crippen LogP contribution is 2.17. The molecule has 1 N–H and O–H groups in total. The van der Waals surface area contributed by atoms with Crippen molar-refractivity contribution in [3.63, 3.8) is 0 Å². The van der Waals surface area contributed by atoms with Crippen molar-refractivity contribution in [2.75, 3.05) is 6.61 Å². The van der Waals surface area contributed by atoms with Crippen LogP contribution in [0, 0.1) is 0 Å². The van der Waals surface area contributed by atoms with E-state index in [2.05, 4.69) is 0 Å². The summed E-state index contributed by atoms with van der Waals surface area (Å²) in [5.41, 5.74) is 0. The number of aliphatic carboxylic acids is 1. The van der Waals surface area contributed by atoms with Gasteiger partial charge in [-0.3, -0.25) is 4.79 Å². The van der Waals surface area contributed by atoms with Crippen LogP contribution in [-0.2, 0) is 9.53 Å². The standard InChI is InChI=1S/C10H18O3/c11-10(12)7-2-1-5-9-6-3-4-8-13-9/h9H,1-8H2,(H,11,12)/t9-/m1/s1. The molecular weight excluding hydrogens is 168 g/mol. The molecule has 0 radical (unpaired) electrons. The van der Waals surface area contributed by atoms with Crippen molar-refractivity contribution >= 4 is 5.97 Å². The molecule has 3 nitrogen and oxygen atoms in total. The van der Waals surface area contributed by atoms with Gasteiger partial charge in [-0.15, -0.1) is 0 Å². The summed E-state index contributed by atoms with van der Waals surface area (Å²) >= 11 is 0. The van der Waals surface area contributed by atoms with Gasteiger partial charge >= 0.3 is 5.97 Å². The van der Waals surface area contributed by atoms with Crippen molar-refractivity contribution < 1.29 is 14.6 Å². The average molecular weight is 186 g/mol. The molecule has 0 aromatic carbocycles. The van der Waals surface area contributed by atoms with Gasteiger partial charge < -0.3 is 9.84 Å². The Kier molecular flexibility index (Phi) is 4.83. The first-order valence-electron chi connectivity index (χ1n) is 5.12. The van der Waals surface area contributed by atoms with E-state index in [4.69, 9.17) is 9.84 Å². The highest BCUT2D eigenvalue weighted by Gasteiger charge is 2.12. The van der Waals surface area contributed by atoms with Gasteiger partial charge in [-0.05, 0) is 32.1 Å². The zero-order chi connectivity index (χ0) is 9.52. The molecule has 3 heteroatoms. The molecule has 0 amide bonds. The number of unbranched alkanes of at least 4 members (excludes halogenated alkanes) is 1. The van der Waals surface area contributed by atoms with Crippen LogP contribution in [0.15, 0.2) is 0 Å². The molecule has 0 aliphatic carbocycles. The monoisotopic (exact) mass is 186 g/mol. The second-order valence-electron chi connectivity index (χ2n) is 3.63. The lowest BCUT2D eigenvalue weighted by Gasteiger charge is -2.22. The zero-order valence-electron chi connectivity index (χ0n) is 8.00. The van der Waals surface area contributed by atoms with E-state index < -0.39 is 5.97 Å². The third-order valence-corrected chi connectivity index (χ3v) is 2.44. The number of carboxylic acid groups (broad SMARTS) is 1. The van der Waals surface area contributed by atoms with Crippen LogP contribution in [-0.4, -0.2) is 23.8 Å². The van der Waals surface area contributed by atoms with E-state index in [0.29, 0.717) is 12.5 Å². The van der Waals surface area contributed by atoms with Crippen LogP contribution < -0.4 is 0 Å². The summed E-state index contributed by atoms with van der Waals surface area (Å²) in [6, 6.07) is 0. The molecule has 0 spiro atoms. The molecule has 1 heterocycles. The van der Waals surface area contributed by atoms with Crippen LogP contribution in [0.4, 0.5) is 0 Å². The summed E-state index contributed by atoms with van der Waals surface area (Å²) in [7, 11) is 0. The van der Waals surface area contributed by atoms with Crippen molar-refractivity contribution in [3.8, 4) is 0 Å². The minimum absolute atomic E-state index is 0.298. The Labute approximate surface area is 79.1 Å². The van der Waals surface area contributed by atoms with Gasteiger partial charge in [-0.2, -0.15) is 0 Å². The Bertz CT molecular complexity index is 150. The van der Waals surface area contributed by atoms with E-state index in [1.807, 2.05) is 0 Å². The topological polar surface area (TPSA) is 46.5 Å². The molecule has 1 rings (SSSR count). The average Bonchev–Trinajstić information content (AvgIpc) is 2.14. The molecule has 0 bridgehead atoms. The van der Waals surface area contributed by atoms with Crippen LogP contribution in [0.1, 0.15) is 44.9 Å². The summed E-state index contributed by atoms with van der Waals surface area (Å²) in [6.07, 6.45) is 7.12. The summed E-state index contributed by atoms with van der Waals surface area (Å²) in [6.45, 7) is 0.892. The molecule has 0 unspecified atom stereocenters. The Balaban J connectivity index is 1.95. The minimum atomic E-state index is -0.690. The van der Waals surface area contributed by atoms with Gasteiger partial charge in [0.2, 0.25) is 0 Å². The van der Waals surface area contributed by atoms with E-state index in [9.17, 15) is 4.79 Å². The molecule has 0 saturated carbocycles. The first-order valence-corrected chi connectivity index (χ1v) is 5.12. The fraction of sp³-hybridized carbons (Fsp3) is 0.900. The van der Waals surface area contributed by atoms with Gasteiger partial charge in [0.1, 0.15) is 0 Å². The van der Waals surface area contributed by atoms with Crippen LogP contribution in [0.25, 0.3) is 0 Å². The van der Waals surface area contributed by atoms with Gasteiger partial charge in [-0.25, -0.2) is 0 Å². The van der Waals surface area contributed by atoms with Crippen LogP contribution in [0.3, 0.4) is 0 Å². The maximum Gasteiger partial charge on any atom is 0.303 e. The molecule has 1 fully saturated rings. The minimum Gasteiger partial charge on any atom is -0.481 e. The fourth-order valence-corrected chi connectivity index (χ4v) is 1.68. The Morgan fingerprint density at radius 3 is 2.85 bits per heavy atom. The van der Waals surface area contributed by atoms with E-state index in [1.165, 1.54) is 12.8 Å². The largest absolute Gasteiger partial charge is 0.481 e. The normalized spacial score (nSPS) is 22.9. The lowest BCUT2D eigenvalue weighted by atomic mass is 10.0. The fourth-order valence-electron chi connectivity index (χ4n) is 1.68. The van der Waals surface area contributed by atoms with Crippen LogP contribution in [0.5, 0.6) is 0 Å². The molecule has 1 atom stereocenters. The molecule has 1 saturated heterocycles. The van der Waals surface area contributed by atoms with Crippen molar-refractivity contribution in [2.45, 2.75) is 51.0 Å². The number of hydrogen-bond donors (Lipinski definition) is 1. The highest BCUT2D eigenvalue weighted by atomic mass is 16.5. The maximum atomic E-state index is 10.2. The van der Waals surface area contributed by atoms with Crippen LogP contribution in [0.2, 0.25) is 0 Å². The maximum absolute atomic E-state index is 10.2. The Morgan fingerprint density at radius 2 is 2.23 bits per heavy atom. The van der Waals surface area contributed by atoms with E-state index in [0.717, 1.165) is 32.3 Å². The zero-order valence-corrected chi connectivity index (χ0v) is 8.00. The number of rotatable bonds is 5. The van der Waals surface area contributed by atoms with Crippen molar-refractivity contribution in [2.24, 2.45) is 0 Å². The third-order valence-electron chi connectivity index (χ3n) is 2.44. The second-order valence-corrected chi connectivity index (χ2v) is 3.63. The van der Waals surface area contributed by atoms with Crippen molar-refractivity contribution in [1.29, 1.82) is 0 Å². The summed E-state index contributed by atoms with van der Waals surface area (Å²) in [5, 5.41) is 8.42. The SMILES string of the molecule is O=C(O)CCCC[C@@H]1CCCCO1. The molecule has 0 aromatic rings. The van der Waals surface area contributed by atoms with E-state index >= 15 is 0 Å². The smallest absolute Gasteiger partial charge is 0.303 e. The summed E-state index contributed by atoms with van der Waals surface area (Å²) < 4.78 is 5.54. The van der Waals surface area contributed by atoms with Crippen molar-refractivity contribution in [1.82, 2.24) is 0 Å². The lowest BCUT2D eigenvalue weighted by Crippen LogP contribution is -2.18. The number of carbonyl (C=O) groups is 1. The van der Waals surface area contributed by atoms with Gasteiger partial charge in [0.25, 0.3) is 0 Å². The van der Waals surface area contributed by atoms with Gasteiger partial charge in [0.05, 0.1) is 6.10 Å². The molecule has 76 valence electrons. The molecular formula is C10H18O3. The van der Waals surface area contributed by atoms with Gasteiger partial charge in [-0.1, -0.05) is 6.42 Å². The highest BCUT2D eigenvalue weighted by molar-refractivity contribution is 5.66. The first-order chi connectivity index (χ1) is 6.29. The predicted octanol–water partition coefficient (Wildman–Crippen LogP) is 2.20. The third kappa shape index (κ3) is 4.88. The Hall–Kier alpha value is -0.570. The number of ether oxygens (including phenoxy) is 1. The van der Waals surface area contributed by atoms with Gasteiger partial charge in [0, 0.05) is 13.0 Å². The van der Waals surface area contributed by atoms with Crippen LogP contribution >= 0.6 is 0 Å². The molecule has 1 aliphatic heterocycles. The molecule has 0 aromatic heterocycles. The van der Waals surface area contributed by atoms with Gasteiger partial charge in [0.15, 0.2) is 0 Å². The number of carboxylic acids is 1. The molecule has 13 heavy (non-hydrogen) atoms. The summed E-state index contributed by atoms with van der Waals surface area (Å²) in [4.78, 5) is 10.2. The predicted molar refractivity (Wildman–Crippen MR) is 49.7 cm³/mol. The van der Waals surface area contributed by atoms with E-state index in [-0.39, 0.29) is 0 Å². The molecule has 1 aliphatic rings. The first kappa shape index (κ1) is 10.5. The number of hydrogen-bond acceptors (Lipinski definition) is 2.